The molecule has 0 aliphatic heterocycles. The maximum atomic E-state index is 12.4. The molecular formula is C8H11F7O2. The van der Waals surface area contributed by atoms with E-state index < -0.39 is 30.8 Å². The van der Waals surface area contributed by atoms with Gasteiger partial charge in [-0.1, -0.05) is 14.0 Å². The highest BCUT2D eigenvalue weighted by atomic mass is 19.4. The van der Waals surface area contributed by atoms with Crippen molar-refractivity contribution in [3.05, 3.63) is 12.7 Å². The second-order valence-electron chi connectivity index (χ2n) is 2.47. The van der Waals surface area contributed by atoms with Gasteiger partial charge in [0.05, 0.1) is 6.42 Å². The summed E-state index contributed by atoms with van der Waals surface area (Å²) in [5, 5.41) is 0. The van der Waals surface area contributed by atoms with Crippen LogP contribution in [0.2, 0.25) is 0 Å². The molecule has 0 amide bonds. The SMILES string of the molecule is C.C=CC(=O)OC(F)(F)C(F)CC(F)(F)F.F. The van der Waals surface area contributed by atoms with E-state index in [-0.39, 0.29) is 18.2 Å². The smallest absolute Gasteiger partial charge is 0.395 e. The van der Waals surface area contributed by atoms with E-state index in [0.717, 1.165) is 0 Å². The van der Waals surface area contributed by atoms with E-state index >= 15 is 0 Å². The fourth-order valence-electron chi connectivity index (χ4n) is 0.562. The normalized spacial score (nSPS) is 12.8. The van der Waals surface area contributed by atoms with Gasteiger partial charge in [-0.25, -0.2) is 9.18 Å². The van der Waals surface area contributed by atoms with Gasteiger partial charge in [-0.3, -0.25) is 4.70 Å². The highest BCUT2D eigenvalue weighted by Crippen LogP contribution is 2.32. The van der Waals surface area contributed by atoms with Crippen LogP contribution in [0.4, 0.5) is 31.0 Å². The third-order valence-corrected chi connectivity index (χ3v) is 1.18. The van der Waals surface area contributed by atoms with Crippen LogP contribution < -0.4 is 0 Å². The van der Waals surface area contributed by atoms with Gasteiger partial charge in [-0.2, -0.15) is 22.0 Å². The molecule has 2 nitrogen and oxygen atoms in total. The van der Waals surface area contributed by atoms with Gasteiger partial charge < -0.3 is 4.74 Å². The van der Waals surface area contributed by atoms with Gasteiger partial charge in [0.25, 0.3) is 0 Å². The number of hydrogen-bond acceptors (Lipinski definition) is 2. The summed E-state index contributed by atoms with van der Waals surface area (Å²) in [5.41, 5.74) is 0. The molecule has 0 saturated heterocycles. The number of hydrogen-bond donors (Lipinski definition) is 0. The van der Waals surface area contributed by atoms with Gasteiger partial charge in [0.2, 0.25) is 6.17 Å². The summed E-state index contributed by atoms with van der Waals surface area (Å²) in [5.74, 6) is -1.70. The second-order valence-corrected chi connectivity index (χ2v) is 2.47. The van der Waals surface area contributed by atoms with Crippen molar-refractivity contribution in [2.75, 3.05) is 0 Å². The summed E-state index contributed by atoms with van der Waals surface area (Å²) >= 11 is 0. The minimum absolute atomic E-state index is 0. The summed E-state index contributed by atoms with van der Waals surface area (Å²) in [4.78, 5) is 10.2. The lowest BCUT2D eigenvalue weighted by Crippen LogP contribution is -2.38. The van der Waals surface area contributed by atoms with Gasteiger partial charge in [0.1, 0.15) is 0 Å². The molecule has 1 atom stereocenters. The van der Waals surface area contributed by atoms with Crippen LogP contribution in [0.3, 0.4) is 0 Å². The van der Waals surface area contributed by atoms with Gasteiger partial charge in [0.15, 0.2) is 0 Å². The monoisotopic (exact) mass is 272 g/mol. The lowest BCUT2D eigenvalue weighted by molar-refractivity contribution is -0.274. The molecule has 0 aromatic rings. The maximum absolute atomic E-state index is 12.4. The average Bonchev–Trinajstić information content (AvgIpc) is 2.00. The van der Waals surface area contributed by atoms with Crippen molar-refractivity contribution in [3.63, 3.8) is 0 Å². The van der Waals surface area contributed by atoms with Crippen molar-refractivity contribution in [3.8, 4) is 0 Å². The minimum atomic E-state index is -5.11. The first kappa shape index (κ1) is 21.1. The van der Waals surface area contributed by atoms with E-state index in [9.17, 15) is 31.1 Å². The van der Waals surface area contributed by atoms with Gasteiger partial charge in [-0.15, -0.1) is 0 Å². The Hall–Kier alpha value is -1.28. The number of esters is 1. The summed E-state index contributed by atoms with van der Waals surface area (Å²) in [6.45, 7) is 2.73. The molecule has 0 aliphatic carbocycles. The molecule has 17 heavy (non-hydrogen) atoms. The standard InChI is InChI=1S/C7H6F6O2.CH4.FH/c1-2-5(14)15-7(12,13)4(8)3-6(9,10)11;;/h2,4H,1,3H2;1H4;1H. The van der Waals surface area contributed by atoms with Crippen molar-refractivity contribution in [2.24, 2.45) is 0 Å². The van der Waals surface area contributed by atoms with Crippen molar-refractivity contribution in [1.82, 2.24) is 0 Å². The zero-order valence-electron chi connectivity index (χ0n) is 7.56. The Labute approximate surface area is 92.6 Å². The van der Waals surface area contributed by atoms with Crippen LogP contribution in [0.5, 0.6) is 0 Å². The van der Waals surface area contributed by atoms with E-state index in [1.165, 1.54) is 0 Å². The molecule has 0 rings (SSSR count). The lowest BCUT2D eigenvalue weighted by Gasteiger charge is -2.20. The molecule has 0 aromatic heterocycles. The number of halogens is 7. The zero-order valence-corrected chi connectivity index (χ0v) is 7.56. The Morgan fingerprint density at radius 2 is 1.71 bits per heavy atom. The van der Waals surface area contributed by atoms with Crippen LogP contribution in [0.25, 0.3) is 0 Å². The predicted octanol–water partition coefficient (Wildman–Crippen LogP) is 3.39. The molecule has 0 aromatic carbocycles. The van der Waals surface area contributed by atoms with E-state index in [2.05, 4.69) is 11.3 Å². The van der Waals surface area contributed by atoms with Crippen LogP contribution in [-0.4, -0.2) is 24.4 Å². The molecule has 1 unspecified atom stereocenters. The fraction of sp³-hybridized carbons (Fsp3) is 0.625. The number of carbonyl (C=O) groups is 1. The topological polar surface area (TPSA) is 26.3 Å². The van der Waals surface area contributed by atoms with Crippen LogP contribution in [0, 0.1) is 0 Å². The van der Waals surface area contributed by atoms with Crippen LogP contribution >= 0.6 is 0 Å². The summed E-state index contributed by atoms with van der Waals surface area (Å²) in [6.07, 6.45) is -15.7. The molecular weight excluding hydrogens is 261 g/mol. The summed E-state index contributed by atoms with van der Waals surface area (Å²) < 4.78 is 74.9. The van der Waals surface area contributed by atoms with Crippen LogP contribution in [-0.2, 0) is 9.53 Å². The Balaban J connectivity index is -0.000000980. The number of carbonyl (C=O) groups excluding carboxylic acids is 1. The lowest BCUT2D eigenvalue weighted by atomic mass is 10.2. The molecule has 0 saturated carbocycles. The van der Waals surface area contributed by atoms with E-state index in [0.29, 0.717) is 0 Å². The first-order valence-corrected chi connectivity index (χ1v) is 3.52. The Kier molecular flexibility index (Phi) is 8.82. The molecule has 0 spiro atoms. The quantitative estimate of drug-likeness (QED) is 0.445. The Bertz CT molecular complexity index is 249. The molecule has 0 fully saturated rings. The molecule has 0 aliphatic rings. The largest absolute Gasteiger partial charge is 0.432 e. The van der Waals surface area contributed by atoms with Gasteiger partial charge in [0, 0.05) is 6.08 Å². The number of alkyl halides is 6. The Morgan fingerprint density at radius 1 is 1.29 bits per heavy atom. The second kappa shape index (κ2) is 7.13. The van der Waals surface area contributed by atoms with Crippen molar-refractivity contribution >= 4 is 5.97 Å². The first-order chi connectivity index (χ1) is 6.58. The third-order valence-electron chi connectivity index (χ3n) is 1.18. The van der Waals surface area contributed by atoms with E-state index in [1.54, 1.807) is 0 Å². The van der Waals surface area contributed by atoms with Crippen molar-refractivity contribution in [2.45, 2.75) is 32.3 Å². The molecule has 0 bridgehead atoms. The number of rotatable bonds is 4. The molecule has 0 N–H and O–H groups in total. The maximum Gasteiger partial charge on any atom is 0.432 e. The average molecular weight is 272 g/mol. The molecule has 0 heterocycles. The number of ether oxygens (including phenoxy) is 1. The highest BCUT2D eigenvalue weighted by Gasteiger charge is 2.49. The van der Waals surface area contributed by atoms with Crippen molar-refractivity contribution < 1.29 is 40.6 Å². The fourth-order valence-corrected chi connectivity index (χ4v) is 0.562. The van der Waals surface area contributed by atoms with E-state index in [4.69, 9.17) is 0 Å². The Morgan fingerprint density at radius 3 is 2.00 bits per heavy atom. The predicted molar refractivity (Wildman–Crippen MR) is 46.0 cm³/mol. The van der Waals surface area contributed by atoms with Crippen molar-refractivity contribution in [1.29, 1.82) is 0 Å². The highest BCUT2D eigenvalue weighted by molar-refractivity contribution is 5.81. The third kappa shape index (κ3) is 8.52. The zero-order chi connectivity index (χ0) is 12.3. The first-order valence-electron chi connectivity index (χ1n) is 3.52. The van der Waals surface area contributed by atoms with Gasteiger partial charge >= 0.3 is 18.3 Å². The van der Waals surface area contributed by atoms with Crippen LogP contribution in [0.15, 0.2) is 12.7 Å². The summed E-state index contributed by atoms with van der Waals surface area (Å²) in [6, 6.07) is 0. The molecule has 9 heteroatoms. The van der Waals surface area contributed by atoms with Crippen LogP contribution in [0.1, 0.15) is 13.8 Å². The molecule has 0 radical (unpaired) electrons. The molecule has 104 valence electrons. The minimum Gasteiger partial charge on any atom is -0.395 e. The van der Waals surface area contributed by atoms with Gasteiger partial charge in [-0.05, 0) is 0 Å². The summed E-state index contributed by atoms with van der Waals surface area (Å²) in [7, 11) is 0. The van der Waals surface area contributed by atoms with E-state index in [1.807, 2.05) is 0 Å².